The van der Waals surface area contributed by atoms with E-state index in [2.05, 4.69) is 15.5 Å². The second-order valence-electron chi connectivity index (χ2n) is 3.94. The summed E-state index contributed by atoms with van der Waals surface area (Å²) in [6.07, 6.45) is 1.67. The normalized spacial score (nSPS) is 12.7. The van der Waals surface area contributed by atoms with Gasteiger partial charge in [0.05, 0.1) is 5.02 Å². The van der Waals surface area contributed by atoms with Crippen LogP contribution in [0.4, 0.5) is 4.39 Å². The summed E-state index contributed by atoms with van der Waals surface area (Å²) < 4.78 is 13.4. The molecule has 0 amide bonds. The second kappa shape index (κ2) is 5.69. The van der Waals surface area contributed by atoms with Gasteiger partial charge in [-0.25, -0.2) is 4.39 Å². The molecule has 0 radical (unpaired) electrons. The third-order valence-corrected chi connectivity index (χ3v) is 3.38. The van der Waals surface area contributed by atoms with E-state index in [1.54, 1.807) is 6.20 Å². The first-order chi connectivity index (χ1) is 8.59. The summed E-state index contributed by atoms with van der Waals surface area (Å²) in [5, 5.41) is 10.4. The maximum atomic E-state index is 13.4. The maximum absolute atomic E-state index is 13.4. The Balaban J connectivity index is 2.13. The van der Waals surface area contributed by atoms with Crippen molar-refractivity contribution in [1.29, 1.82) is 0 Å². The largest absolute Gasteiger partial charge is 0.304 e. The highest BCUT2D eigenvalue weighted by atomic mass is 35.5. The Morgan fingerprint density at radius 3 is 2.83 bits per heavy atom. The average Bonchev–Trinajstić information content (AvgIpc) is 2.85. The van der Waals surface area contributed by atoms with Crippen molar-refractivity contribution in [3.05, 3.63) is 51.5 Å². The van der Waals surface area contributed by atoms with Crippen LogP contribution in [0, 0.1) is 5.82 Å². The summed E-state index contributed by atoms with van der Waals surface area (Å²) in [6, 6.07) is 4.46. The summed E-state index contributed by atoms with van der Waals surface area (Å²) in [5.74, 6) is -0.466. The van der Waals surface area contributed by atoms with Crippen LogP contribution >= 0.6 is 23.2 Å². The van der Waals surface area contributed by atoms with Gasteiger partial charge >= 0.3 is 0 Å². The van der Waals surface area contributed by atoms with Gasteiger partial charge in [0.25, 0.3) is 0 Å². The van der Waals surface area contributed by atoms with E-state index in [4.69, 9.17) is 23.2 Å². The first-order valence-electron chi connectivity index (χ1n) is 5.44. The molecule has 0 aliphatic heterocycles. The molecular formula is C12H12Cl2FN3. The van der Waals surface area contributed by atoms with Crippen LogP contribution < -0.4 is 5.32 Å². The minimum absolute atomic E-state index is 0.0621. The fourth-order valence-corrected chi connectivity index (χ4v) is 2.39. The number of H-pyrrole nitrogens is 1. The van der Waals surface area contributed by atoms with Crippen molar-refractivity contribution in [1.82, 2.24) is 15.5 Å². The van der Waals surface area contributed by atoms with E-state index in [1.807, 2.05) is 13.0 Å². The van der Waals surface area contributed by atoms with Crippen molar-refractivity contribution >= 4 is 23.2 Å². The lowest BCUT2D eigenvalue weighted by Crippen LogP contribution is -2.19. The smallest absolute Gasteiger partial charge is 0.142 e. The van der Waals surface area contributed by atoms with Gasteiger partial charge in [0, 0.05) is 35.1 Å². The molecule has 0 saturated heterocycles. The molecule has 96 valence electrons. The molecule has 18 heavy (non-hydrogen) atoms. The van der Waals surface area contributed by atoms with Crippen molar-refractivity contribution in [3.63, 3.8) is 0 Å². The summed E-state index contributed by atoms with van der Waals surface area (Å²) in [6.45, 7) is 2.45. The zero-order valence-electron chi connectivity index (χ0n) is 9.67. The predicted molar refractivity (Wildman–Crippen MR) is 70.3 cm³/mol. The van der Waals surface area contributed by atoms with E-state index in [0.717, 1.165) is 5.69 Å². The molecule has 0 spiro atoms. The van der Waals surface area contributed by atoms with Crippen molar-refractivity contribution < 1.29 is 4.39 Å². The van der Waals surface area contributed by atoms with Gasteiger partial charge in [0.1, 0.15) is 5.82 Å². The van der Waals surface area contributed by atoms with E-state index in [0.29, 0.717) is 17.1 Å². The van der Waals surface area contributed by atoms with Crippen LogP contribution in [0.15, 0.2) is 24.4 Å². The second-order valence-corrected chi connectivity index (χ2v) is 4.73. The van der Waals surface area contributed by atoms with Crippen LogP contribution in [0.1, 0.15) is 24.2 Å². The van der Waals surface area contributed by atoms with Crippen LogP contribution in [-0.2, 0) is 6.54 Å². The highest BCUT2D eigenvalue weighted by molar-refractivity contribution is 6.36. The number of rotatable bonds is 4. The minimum atomic E-state index is -0.466. The molecule has 0 fully saturated rings. The average molecular weight is 288 g/mol. The fraction of sp³-hybridized carbons (Fsp3) is 0.250. The summed E-state index contributed by atoms with van der Waals surface area (Å²) >= 11 is 12.0. The summed E-state index contributed by atoms with van der Waals surface area (Å²) in [7, 11) is 0. The highest BCUT2D eigenvalue weighted by Crippen LogP contribution is 2.32. The Kier molecular flexibility index (Phi) is 4.22. The van der Waals surface area contributed by atoms with E-state index in [-0.39, 0.29) is 11.1 Å². The third kappa shape index (κ3) is 2.83. The van der Waals surface area contributed by atoms with Crippen molar-refractivity contribution in [2.75, 3.05) is 0 Å². The van der Waals surface area contributed by atoms with Gasteiger partial charge in [-0.15, -0.1) is 0 Å². The van der Waals surface area contributed by atoms with E-state index < -0.39 is 5.82 Å². The fourth-order valence-electron chi connectivity index (χ4n) is 1.69. The SMILES string of the molecule is CC(NCc1ccn[nH]1)c1c(Cl)ccc(F)c1Cl. The number of hydrogen-bond donors (Lipinski definition) is 2. The number of hydrogen-bond acceptors (Lipinski definition) is 2. The number of nitrogens with zero attached hydrogens (tertiary/aromatic N) is 1. The third-order valence-electron chi connectivity index (χ3n) is 2.67. The van der Waals surface area contributed by atoms with E-state index in [1.165, 1.54) is 12.1 Å². The molecule has 1 atom stereocenters. The lowest BCUT2D eigenvalue weighted by molar-refractivity contribution is 0.559. The van der Waals surface area contributed by atoms with Crippen LogP contribution in [0.25, 0.3) is 0 Å². The quantitative estimate of drug-likeness (QED) is 0.842. The zero-order valence-corrected chi connectivity index (χ0v) is 11.2. The van der Waals surface area contributed by atoms with Gasteiger partial charge in [-0.05, 0) is 25.1 Å². The number of benzene rings is 1. The molecule has 1 aromatic carbocycles. The standard InChI is InChI=1S/C12H12Cl2FN3/c1-7(16-6-8-4-5-17-18-8)11-9(13)2-3-10(15)12(11)14/h2-5,7,16H,6H2,1H3,(H,17,18). The van der Waals surface area contributed by atoms with E-state index >= 15 is 0 Å². The Labute approximate surface area is 114 Å². The number of aromatic amines is 1. The highest BCUT2D eigenvalue weighted by Gasteiger charge is 2.16. The molecule has 0 bridgehead atoms. The molecule has 0 aliphatic carbocycles. The molecule has 3 nitrogen and oxygen atoms in total. The topological polar surface area (TPSA) is 40.7 Å². The number of halogens is 3. The van der Waals surface area contributed by atoms with Gasteiger partial charge in [0.15, 0.2) is 0 Å². The molecule has 0 saturated carbocycles. The molecule has 0 aliphatic rings. The molecule has 1 aromatic heterocycles. The first kappa shape index (κ1) is 13.3. The van der Waals surface area contributed by atoms with Crippen LogP contribution in [-0.4, -0.2) is 10.2 Å². The first-order valence-corrected chi connectivity index (χ1v) is 6.20. The number of nitrogens with one attached hydrogen (secondary N) is 2. The molecule has 1 unspecified atom stereocenters. The Hall–Kier alpha value is -1.10. The molecule has 2 rings (SSSR count). The van der Waals surface area contributed by atoms with Crippen molar-refractivity contribution in [3.8, 4) is 0 Å². The van der Waals surface area contributed by atoms with E-state index in [9.17, 15) is 4.39 Å². The lowest BCUT2D eigenvalue weighted by Gasteiger charge is -2.17. The molecule has 1 heterocycles. The van der Waals surface area contributed by atoms with Gasteiger partial charge < -0.3 is 5.32 Å². The molecule has 6 heteroatoms. The Morgan fingerprint density at radius 2 is 2.17 bits per heavy atom. The van der Waals surface area contributed by atoms with Gasteiger partial charge in [-0.2, -0.15) is 5.10 Å². The summed E-state index contributed by atoms with van der Waals surface area (Å²) in [5.41, 5.74) is 1.50. The van der Waals surface area contributed by atoms with Crippen LogP contribution in [0.5, 0.6) is 0 Å². The van der Waals surface area contributed by atoms with Crippen LogP contribution in [0.3, 0.4) is 0 Å². The monoisotopic (exact) mass is 287 g/mol. The number of aromatic nitrogens is 2. The predicted octanol–water partition coefficient (Wildman–Crippen LogP) is 3.71. The summed E-state index contributed by atoms with van der Waals surface area (Å²) in [4.78, 5) is 0. The maximum Gasteiger partial charge on any atom is 0.142 e. The molecule has 2 aromatic rings. The molecule has 2 N–H and O–H groups in total. The zero-order chi connectivity index (χ0) is 13.1. The van der Waals surface area contributed by atoms with Crippen LogP contribution in [0.2, 0.25) is 10.0 Å². The van der Waals surface area contributed by atoms with Crippen molar-refractivity contribution in [2.45, 2.75) is 19.5 Å². The molecular weight excluding hydrogens is 276 g/mol. The van der Waals surface area contributed by atoms with Gasteiger partial charge in [-0.1, -0.05) is 23.2 Å². The van der Waals surface area contributed by atoms with Crippen molar-refractivity contribution in [2.24, 2.45) is 0 Å². The van der Waals surface area contributed by atoms with Gasteiger partial charge in [-0.3, -0.25) is 5.10 Å². The van der Waals surface area contributed by atoms with Gasteiger partial charge in [0.2, 0.25) is 0 Å². The lowest BCUT2D eigenvalue weighted by atomic mass is 10.1. The minimum Gasteiger partial charge on any atom is -0.304 e. The Bertz CT molecular complexity index is 528. The Morgan fingerprint density at radius 1 is 1.39 bits per heavy atom.